The number of hydrogen-bond donors (Lipinski definition) is 0. The van der Waals surface area contributed by atoms with Gasteiger partial charge in [-0.05, 0) is 122 Å². The van der Waals surface area contributed by atoms with Crippen molar-refractivity contribution in [2.24, 2.45) is 0 Å². The van der Waals surface area contributed by atoms with Crippen LogP contribution in [0.3, 0.4) is 0 Å². The van der Waals surface area contributed by atoms with Gasteiger partial charge in [-0.1, -0.05) is 237 Å². The Morgan fingerprint density at radius 3 is 0.861 bits per heavy atom. The van der Waals surface area contributed by atoms with Crippen LogP contribution in [0.15, 0.2) is 146 Å². The summed E-state index contributed by atoms with van der Waals surface area (Å²) in [7, 11) is 0. The second-order valence-corrected chi connectivity index (χ2v) is 18.4. The molecule has 0 aliphatic rings. The zero-order valence-corrected chi connectivity index (χ0v) is 46.1. The molecule has 0 bridgehead atoms. The topological polar surface area (TPSA) is 78.9 Å². The van der Waals surface area contributed by atoms with Gasteiger partial charge in [-0.15, -0.1) is 0 Å². The van der Waals surface area contributed by atoms with Gasteiger partial charge in [0.2, 0.25) is 0 Å². The summed E-state index contributed by atoms with van der Waals surface area (Å²) < 4.78 is 16.8. The Bertz CT molecular complexity index is 1610. The molecule has 0 aliphatic heterocycles. The fourth-order valence-corrected chi connectivity index (χ4v) is 7.33. The molecule has 72 heavy (non-hydrogen) atoms. The minimum atomic E-state index is -0.808. The van der Waals surface area contributed by atoms with E-state index in [4.69, 9.17) is 14.2 Å². The lowest BCUT2D eigenvalue weighted by molar-refractivity contribution is -0.167. The van der Waals surface area contributed by atoms with Crippen LogP contribution in [-0.4, -0.2) is 37.2 Å². The molecule has 1 unspecified atom stereocenters. The first-order chi connectivity index (χ1) is 35.5. The van der Waals surface area contributed by atoms with Crippen LogP contribution in [-0.2, 0) is 28.6 Å². The van der Waals surface area contributed by atoms with Gasteiger partial charge in [0.05, 0.1) is 0 Å². The highest BCUT2D eigenvalue weighted by Crippen LogP contribution is 2.13. The molecule has 0 aromatic heterocycles. The van der Waals surface area contributed by atoms with Gasteiger partial charge in [0.25, 0.3) is 0 Å². The van der Waals surface area contributed by atoms with Crippen molar-refractivity contribution in [2.45, 2.75) is 239 Å². The van der Waals surface area contributed by atoms with Crippen molar-refractivity contribution >= 4 is 17.9 Å². The van der Waals surface area contributed by atoms with Gasteiger partial charge in [-0.2, -0.15) is 0 Å². The summed E-state index contributed by atoms with van der Waals surface area (Å²) in [5.74, 6) is -0.967. The molecule has 0 amide bonds. The predicted octanol–water partition coefficient (Wildman–Crippen LogP) is 19.6. The van der Waals surface area contributed by atoms with Crippen LogP contribution in [0.25, 0.3) is 0 Å². The largest absolute Gasteiger partial charge is 0.462 e. The molecular weight excluding hydrogens is 889 g/mol. The monoisotopic (exact) mass is 993 g/mol. The summed E-state index contributed by atoms with van der Waals surface area (Å²) in [5, 5.41) is 0. The number of rotatable bonds is 50. The maximum Gasteiger partial charge on any atom is 0.306 e. The second kappa shape index (κ2) is 58.9. The van der Waals surface area contributed by atoms with Gasteiger partial charge in [0.15, 0.2) is 6.10 Å². The summed E-state index contributed by atoms with van der Waals surface area (Å²) in [6.45, 7) is 6.32. The van der Waals surface area contributed by atoms with E-state index in [0.717, 1.165) is 161 Å². The summed E-state index contributed by atoms with van der Waals surface area (Å²) in [5.41, 5.74) is 0. The number of esters is 3. The quantitative estimate of drug-likeness (QED) is 0.0261. The molecule has 0 rings (SSSR count). The van der Waals surface area contributed by atoms with Crippen LogP contribution in [0, 0.1) is 0 Å². The third-order valence-corrected chi connectivity index (χ3v) is 11.6. The number of allylic oxidation sites excluding steroid dienone is 24. The number of ether oxygens (including phenoxy) is 3. The Balaban J connectivity index is 4.36. The minimum Gasteiger partial charge on any atom is -0.462 e. The van der Waals surface area contributed by atoms with Crippen molar-refractivity contribution in [3.63, 3.8) is 0 Å². The molecule has 0 fully saturated rings. The van der Waals surface area contributed by atoms with Gasteiger partial charge >= 0.3 is 17.9 Å². The van der Waals surface area contributed by atoms with Crippen LogP contribution >= 0.6 is 0 Å². The zero-order chi connectivity index (χ0) is 52.2. The molecule has 0 saturated carbocycles. The number of unbranched alkanes of at least 4 members (excludes halogenated alkanes) is 15. The molecule has 404 valence electrons. The van der Waals surface area contributed by atoms with Gasteiger partial charge in [0, 0.05) is 19.3 Å². The van der Waals surface area contributed by atoms with E-state index in [-0.39, 0.29) is 37.5 Å². The van der Waals surface area contributed by atoms with Gasteiger partial charge in [0.1, 0.15) is 13.2 Å². The highest BCUT2D eigenvalue weighted by atomic mass is 16.6. The molecular formula is C66H104O6. The highest BCUT2D eigenvalue weighted by Gasteiger charge is 2.19. The van der Waals surface area contributed by atoms with E-state index in [1.165, 1.54) is 32.1 Å². The Morgan fingerprint density at radius 2 is 0.542 bits per heavy atom. The van der Waals surface area contributed by atoms with Crippen molar-refractivity contribution in [2.75, 3.05) is 13.2 Å². The summed E-state index contributed by atoms with van der Waals surface area (Å²) in [6, 6.07) is 0. The first-order valence-electron chi connectivity index (χ1n) is 28.8. The third-order valence-electron chi connectivity index (χ3n) is 11.6. The SMILES string of the molecule is CC/C=C\C/C=C\C/C=C\C/C=C\C/C=C\C/C=C\C/C=C\CCCCCCCC(=O)OCC(COC(=O)CCCCCCCCCC)OC(=O)CCCCC/C=C\C/C=C\C/C=C\C/C=C\C/C=C\CC. The van der Waals surface area contributed by atoms with Crippen LogP contribution in [0.2, 0.25) is 0 Å². The molecule has 0 saturated heterocycles. The summed E-state index contributed by atoms with van der Waals surface area (Å²) in [4.78, 5) is 38.0. The van der Waals surface area contributed by atoms with E-state index < -0.39 is 6.10 Å². The second-order valence-electron chi connectivity index (χ2n) is 18.4. The predicted molar refractivity (Wildman–Crippen MR) is 311 cm³/mol. The zero-order valence-electron chi connectivity index (χ0n) is 46.1. The molecule has 0 heterocycles. The smallest absolute Gasteiger partial charge is 0.306 e. The summed E-state index contributed by atoms with van der Waals surface area (Å²) >= 11 is 0. The van der Waals surface area contributed by atoms with Crippen molar-refractivity contribution < 1.29 is 28.6 Å². The van der Waals surface area contributed by atoms with Crippen LogP contribution in [0.4, 0.5) is 0 Å². The standard InChI is InChI=1S/C66H104O6/c1-4-7-10-13-16-19-21-23-25-27-29-30-31-32-33-34-35-36-38-39-41-43-45-47-50-53-56-59-65(68)71-62-63(61-70-64(67)58-55-52-49-18-15-12-9-6-3)72-66(69)60-57-54-51-48-46-44-42-40-37-28-26-24-22-20-17-14-11-8-5-2/h7-8,10-11,16-17,19-20,23-26,29-30,32-33,35-37,39-41,44,46,63H,4-6,9,12-15,18,21-22,27-28,31,34,38,42-43,45,47-62H2,1-3H3/b10-7-,11-8-,19-16-,20-17-,25-23-,26-24-,30-29-,33-32-,36-35-,40-37-,41-39-,46-44-. The first-order valence-corrected chi connectivity index (χ1v) is 28.8. The van der Waals surface area contributed by atoms with E-state index >= 15 is 0 Å². The van der Waals surface area contributed by atoms with Crippen molar-refractivity contribution in [1.29, 1.82) is 0 Å². The van der Waals surface area contributed by atoms with Crippen LogP contribution in [0.1, 0.15) is 233 Å². The Hall–Kier alpha value is -4.71. The number of carbonyl (C=O) groups excluding carboxylic acids is 3. The first kappa shape index (κ1) is 67.3. The average Bonchev–Trinajstić information content (AvgIpc) is 3.38. The highest BCUT2D eigenvalue weighted by molar-refractivity contribution is 5.71. The normalized spacial score (nSPS) is 13.2. The molecule has 1 atom stereocenters. The maximum absolute atomic E-state index is 12.8. The Labute approximate surface area is 442 Å². The van der Waals surface area contributed by atoms with E-state index in [1.54, 1.807) is 0 Å². The molecule has 6 nitrogen and oxygen atoms in total. The molecule has 0 aliphatic carbocycles. The Morgan fingerprint density at radius 1 is 0.292 bits per heavy atom. The third kappa shape index (κ3) is 56.2. The van der Waals surface area contributed by atoms with Crippen LogP contribution < -0.4 is 0 Å². The summed E-state index contributed by atoms with van der Waals surface area (Å²) in [6.07, 6.45) is 84.2. The lowest BCUT2D eigenvalue weighted by Crippen LogP contribution is -2.30. The molecule has 0 aromatic carbocycles. The van der Waals surface area contributed by atoms with Crippen molar-refractivity contribution in [1.82, 2.24) is 0 Å². The fourth-order valence-electron chi connectivity index (χ4n) is 7.33. The molecule has 6 heteroatoms. The van der Waals surface area contributed by atoms with E-state index in [0.29, 0.717) is 12.8 Å². The lowest BCUT2D eigenvalue weighted by atomic mass is 10.1. The number of hydrogen-bond acceptors (Lipinski definition) is 6. The van der Waals surface area contributed by atoms with Gasteiger partial charge in [-0.3, -0.25) is 14.4 Å². The fraction of sp³-hybridized carbons (Fsp3) is 0.591. The molecule has 0 spiro atoms. The van der Waals surface area contributed by atoms with Gasteiger partial charge < -0.3 is 14.2 Å². The number of carbonyl (C=O) groups is 3. The molecule has 0 radical (unpaired) electrons. The van der Waals surface area contributed by atoms with E-state index in [1.807, 2.05) is 0 Å². The minimum absolute atomic E-state index is 0.102. The van der Waals surface area contributed by atoms with Crippen LogP contribution in [0.5, 0.6) is 0 Å². The average molecular weight is 994 g/mol. The Kier molecular flexibility index (Phi) is 55.0. The van der Waals surface area contributed by atoms with E-state index in [9.17, 15) is 14.4 Å². The molecule has 0 N–H and O–H groups in total. The van der Waals surface area contributed by atoms with E-state index in [2.05, 4.69) is 167 Å². The lowest BCUT2D eigenvalue weighted by Gasteiger charge is -2.18. The molecule has 0 aromatic rings. The van der Waals surface area contributed by atoms with Crippen molar-refractivity contribution in [3.05, 3.63) is 146 Å². The van der Waals surface area contributed by atoms with Crippen molar-refractivity contribution in [3.8, 4) is 0 Å². The van der Waals surface area contributed by atoms with Gasteiger partial charge in [-0.25, -0.2) is 0 Å². The maximum atomic E-state index is 12.8.